The fourth-order valence-corrected chi connectivity index (χ4v) is 4.87. The van der Waals surface area contributed by atoms with E-state index in [-0.39, 0.29) is 41.5 Å². The number of benzene rings is 1. The Labute approximate surface area is 185 Å². The van der Waals surface area contributed by atoms with Crippen molar-refractivity contribution in [2.45, 2.75) is 50.7 Å². The van der Waals surface area contributed by atoms with Crippen LogP contribution in [0, 0.1) is 11.6 Å². The molecule has 2 fully saturated rings. The largest absolute Gasteiger partial charge is 0.503 e. The van der Waals surface area contributed by atoms with Gasteiger partial charge in [-0.15, -0.1) is 0 Å². The Morgan fingerprint density at radius 2 is 2.03 bits per heavy atom. The van der Waals surface area contributed by atoms with Gasteiger partial charge in [-0.1, -0.05) is 11.6 Å². The van der Waals surface area contributed by atoms with Crippen molar-refractivity contribution in [3.8, 4) is 5.75 Å². The molecule has 1 aromatic heterocycles. The number of nitrogens with one attached hydrogen (secondary N) is 1. The van der Waals surface area contributed by atoms with Gasteiger partial charge >= 0.3 is 0 Å². The Morgan fingerprint density at radius 3 is 2.81 bits per heavy atom. The van der Waals surface area contributed by atoms with Crippen molar-refractivity contribution in [1.29, 1.82) is 0 Å². The number of nitrogens with zero attached hydrogens (tertiary/aromatic N) is 2. The summed E-state index contributed by atoms with van der Waals surface area (Å²) in [6.07, 6.45) is 3.05. The highest BCUT2D eigenvalue weighted by Crippen LogP contribution is 2.38. The number of pyridine rings is 1. The maximum absolute atomic E-state index is 13.9. The van der Waals surface area contributed by atoms with Crippen LogP contribution in [0.1, 0.15) is 45.7 Å². The molecule has 5 rings (SSSR count). The molecular formula is C21H18ClF2N3O5. The second-order valence-electron chi connectivity index (χ2n) is 8.15. The quantitative estimate of drug-likeness (QED) is 0.676. The highest BCUT2D eigenvalue weighted by Gasteiger charge is 2.47. The van der Waals surface area contributed by atoms with Crippen LogP contribution < -0.4 is 10.7 Å². The molecular weight excluding hydrogens is 448 g/mol. The predicted molar refractivity (Wildman–Crippen MR) is 107 cm³/mol. The molecule has 2 amide bonds. The molecule has 2 aromatic rings. The minimum absolute atomic E-state index is 0.00472. The number of carbonyl (C=O) groups excluding carboxylic acids is 2. The zero-order valence-corrected chi connectivity index (χ0v) is 17.4. The molecule has 2 bridgehead atoms. The minimum atomic E-state index is -1.01. The molecule has 1 aromatic carbocycles. The highest BCUT2D eigenvalue weighted by molar-refractivity contribution is 6.30. The number of hydrogen-bond acceptors (Lipinski definition) is 5. The SMILES string of the molecule is O=C(NCc1cc(Cl)c(F)cc1F)c1cn2c(c(O)c1=O)C(=O)N1C3CCC(C3)OC1C2. The zero-order valence-electron chi connectivity index (χ0n) is 16.6. The number of aromatic hydroxyl groups is 1. The lowest BCUT2D eigenvalue weighted by atomic mass is 10.1. The number of rotatable bonds is 3. The first kappa shape index (κ1) is 20.9. The van der Waals surface area contributed by atoms with Crippen molar-refractivity contribution >= 4 is 23.4 Å². The van der Waals surface area contributed by atoms with Crippen LogP contribution in [-0.4, -0.2) is 44.8 Å². The summed E-state index contributed by atoms with van der Waals surface area (Å²) in [5, 5.41) is 12.5. The van der Waals surface area contributed by atoms with E-state index in [1.54, 1.807) is 4.90 Å². The molecule has 1 saturated heterocycles. The van der Waals surface area contributed by atoms with Crippen LogP contribution >= 0.6 is 11.6 Å². The molecule has 168 valence electrons. The Hall–Kier alpha value is -2.98. The molecule has 1 saturated carbocycles. The molecule has 3 heterocycles. The van der Waals surface area contributed by atoms with Gasteiger partial charge in [0.15, 0.2) is 17.7 Å². The van der Waals surface area contributed by atoms with E-state index in [4.69, 9.17) is 16.3 Å². The lowest BCUT2D eigenvalue weighted by molar-refractivity contribution is -0.132. The third-order valence-corrected chi connectivity index (χ3v) is 6.52. The summed E-state index contributed by atoms with van der Waals surface area (Å²) in [6.45, 7) is -0.210. The van der Waals surface area contributed by atoms with Gasteiger partial charge in [0.25, 0.3) is 11.8 Å². The summed E-state index contributed by atoms with van der Waals surface area (Å²) in [5.41, 5.74) is -1.70. The van der Waals surface area contributed by atoms with E-state index in [2.05, 4.69) is 5.32 Å². The first-order valence-electron chi connectivity index (χ1n) is 10.1. The summed E-state index contributed by atoms with van der Waals surface area (Å²) in [7, 11) is 0. The normalized spacial score (nSPS) is 23.7. The highest BCUT2D eigenvalue weighted by atomic mass is 35.5. The van der Waals surface area contributed by atoms with E-state index < -0.39 is 46.4 Å². The fourth-order valence-electron chi connectivity index (χ4n) is 4.68. The number of fused-ring (bicyclic) bond motifs is 5. The van der Waals surface area contributed by atoms with Crippen molar-refractivity contribution in [3.63, 3.8) is 0 Å². The fraction of sp³-hybridized carbons (Fsp3) is 0.381. The van der Waals surface area contributed by atoms with Gasteiger partial charge in [-0.05, 0) is 25.3 Å². The van der Waals surface area contributed by atoms with E-state index in [0.29, 0.717) is 6.07 Å². The molecule has 3 unspecified atom stereocenters. The molecule has 1 aliphatic carbocycles. The third-order valence-electron chi connectivity index (χ3n) is 6.23. The molecule has 0 spiro atoms. The van der Waals surface area contributed by atoms with Crippen LogP contribution in [0.5, 0.6) is 5.75 Å². The number of ether oxygens (including phenoxy) is 1. The molecule has 3 aliphatic rings. The summed E-state index contributed by atoms with van der Waals surface area (Å²) < 4.78 is 34.5. The first-order valence-corrected chi connectivity index (χ1v) is 10.5. The smallest absolute Gasteiger partial charge is 0.276 e. The standard InChI is InChI=1S/C21H18ClF2N3O5/c22-13-3-9(14(23)5-15(13)24)6-25-20(30)12-7-26-8-16-27(10-1-2-11(4-10)32-16)21(31)17(26)19(29)18(12)28/h3,5,7,10-11,16,29H,1-2,4,6,8H2,(H,25,30). The summed E-state index contributed by atoms with van der Waals surface area (Å²) >= 11 is 5.65. The Balaban J connectivity index is 1.43. The summed E-state index contributed by atoms with van der Waals surface area (Å²) in [6, 6.07) is 1.62. The van der Waals surface area contributed by atoms with Gasteiger partial charge in [0, 0.05) is 30.4 Å². The number of hydrogen-bond donors (Lipinski definition) is 2. The molecule has 3 atom stereocenters. The van der Waals surface area contributed by atoms with Crippen molar-refractivity contribution in [3.05, 3.63) is 62.0 Å². The Kier molecular flexibility index (Phi) is 4.94. The van der Waals surface area contributed by atoms with Crippen LogP contribution in [0.25, 0.3) is 0 Å². The Morgan fingerprint density at radius 1 is 1.25 bits per heavy atom. The van der Waals surface area contributed by atoms with Crippen LogP contribution in [0.2, 0.25) is 5.02 Å². The number of halogens is 3. The monoisotopic (exact) mass is 465 g/mol. The number of aromatic nitrogens is 1. The van der Waals surface area contributed by atoms with Crippen molar-refractivity contribution < 1.29 is 28.2 Å². The maximum Gasteiger partial charge on any atom is 0.276 e. The topological polar surface area (TPSA) is 101 Å². The van der Waals surface area contributed by atoms with Crippen molar-refractivity contribution in [1.82, 2.24) is 14.8 Å². The third kappa shape index (κ3) is 3.25. The molecule has 2 aliphatic heterocycles. The van der Waals surface area contributed by atoms with Crippen LogP contribution in [-0.2, 0) is 17.8 Å². The second-order valence-corrected chi connectivity index (χ2v) is 8.56. The minimum Gasteiger partial charge on any atom is -0.503 e. The molecule has 32 heavy (non-hydrogen) atoms. The lowest BCUT2D eigenvalue weighted by Crippen LogP contribution is -2.57. The van der Waals surface area contributed by atoms with Crippen molar-refractivity contribution in [2.75, 3.05) is 0 Å². The second kappa shape index (κ2) is 7.56. The van der Waals surface area contributed by atoms with E-state index in [1.807, 2.05) is 0 Å². The number of carbonyl (C=O) groups is 2. The maximum atomic E-state index is 13.9. The molecule has 8 nitrogen and oxygen atoms in total. The van der Waals surface area contributed by atoms with Gasteiger partial charge in [0.05, 0.1) is 17.7 Å². The van der Waals surface area contributed by atoms with Gasteiger partial charge < -0.3 is 24.6 Å². The van der Waals surface area contributed by atoms with Gasteiger partial charge in [0.1, 0.15) is 17.2 Å². The van der Waals surface area contributed by atoms with E-state index >= 15 is 0 Å². The van der Waals surface area contributed by atoms with Crippen LogP contribution in [0.4, 0.5) is 8.78 Å². The Bertz CT molecular complexity index is 1220. The van der Waals surface area contributed by atoms with Gasteiger partial charge in [-0.3, -0.25) is 14.4 Å². The zero-order chi connectivity index (χ0) is 22.7. The average Bonchev–Trinajstić information content (AvgIpc) is 3.12. The van der Waals surface area contributed by atoms with Gasteiger partial charge in [-0.2, -0.15) is 0 Å². The van der Waals surface area contributed by atoms with Crippen molar-refractivity contribution in [2.24, 2.45) is 0 Å². The summed E-state index contributed by atoms with van der Waals surface area (Å²) in [4.78, 5) is 39.9. The predicted octanol–water partition coefficient (Wildman–Crippen LogP) is 2.15. The van der Waals surface area contributed by atoms with Crippen LogP contribution in [0.3, 0.4) is 0 Å². The number of amides is 2. The van der Waals surface area contributed by atoms with E-state index in [0.717, 1.165) is 25.3 Å². The molecule has 0 radical (unpaired) electrons. The van der Waals surface area contributed by atoms with Gasteiger partial charge in [-0.25, -0.2) is 8.78 Å². The molecule has 11 heteroatoms. The molecule has 2 N–H and O–H groups in total. The first-order chi connectivity index (χ1) is 15.2. The lowest BCUT2D eigenvalue weighted by Gasteiger charge is -2.44. The van der Waals surface area contributed by atoms with Crippen LogP contribution in [0.15, 0.2) is 23.1 Å². The van der Waals surface area contributed by atoms with E-state index in [1.165, 1.54) is 10.8 Å². The summed E-state index contributed by atoms with van der Waals surface area (Å²) in [5.74, 6) is -4.07. The average molecular weight is 466 g/mol. The van der Waals surface area contributed by atoms with E-state index in [9.17, 15) is 28.3 Å². The van der Waals surface area contributed by atoms with Gasteiger partial charge in [0.2, 0.25) is 5.43 Å².